The molecule has 0 heterocycles. The predicted octanol–water partition coefficient (Wildman–Crippen LogP) is 3.00. The number of hydrogen-bond donors (Lipinski definition) is 1. The zero-order chi connectivity index (χ0) is 18.0. The molecular formula is C19H31ClN2O3. The van der Waals surface area contributed by atoms with Crippen LogP contribution in [0.1, 0.15) is 39.7 Å². The SMILES string of the molecule is CCOc1ccc(CN(C)C(=O)C2(N)CC(OCC)C2(C)C)cc1.Cl. The average Bonchev–Trinajstić information content (AvgIpc) is 2.55. The molecule has 1 amide bonds. The molecule has 0 bridgehead atoms. The van der Waals surface area contributed by atoms with Crippen LogP contribution in [0.25, 0.3) is 0 Å². The van der Waals surface area contributed by atoms with Crippen molar-refractivity contribution in [2.45, 2.75) is 52.3 Å². The van der Waals surface area contributed by atoms with Crippen molar-refractivity contribution in [2.24, 2.45) is 11.1 Å². The summed E-state index contributed by atoms with van der Waals surface area (Å²) < 4.78 is 11.1. The molecule has 1 aliphatic rings. The van der Waals surface area contributed by atoms with Crippen molar-refractivity contribution in [3.05, 3.63) is 29.8 Å². The average molecular weight is 371 g/mol. The van der Waals surface area contributed by atoms with E-state index in [0.717, 1.165) is 11.3 Å². The molecule has 25 heavy (non-hydrogen) atoms. The third-order valence-electron chi connectivity index (χ3n) is 5.21. The minimum atomic E-state index is -0.868. The van der Waals surface area contributed by atoms with E-state index in [1.54, 1.807) is 11.9 Å². The first kappa shape index (κ1) is 21.7. The van der Waals surface area contributed by atoms with Crippen molar-refractivity contribution in [1.29, 1.82) is 0 Å². The van der Waals surface area contributed by atoms with Crippen molar-refractivity contribution >= 4 is 18.3 Å². The third kappa shape index (κ3) is 4.10. The van der Waals surface area contributed by atoms with Gasteiger partial charge in [-0.15, -0.1) is 12.4 Å². The zero-order valence-corrected chi connectivity index (χ0v) is 16.7. The Bertz CT molecular complexity index is 577. The molecule has 0 radical (unpaired) electrons. The van der Waals surface area contributed by atoms with Crippen LogP contribution in [-0.2, 0) is 16.1 Å². The summed E-state index contributed by atoms with van der Waals surface area (Å²) >= 11 is 0. The van der Waals surface area contributed by atoms with Crippen LogP contribution in [0, 0.1) is 5.41 Å². The molecule has 1 aromatic rings. The van der Waals surface area contributed by atoms with Crippen molar-refractivity contribution in [3.8, 4) is 5.75 Å². The first-order valence-electron chi connectivity index (χ1n) is 8.64. The monoisotopic (exact) mass is 370 g/mol. The topological polar surface area (TPSA) is 64.8 Å². The van der Waals surface area contributed by atoms with Crippen molar-refractivity contribution in [3.63, 3.8) is 0 Å². The number of carbonyl (C=O) groups excluding carboxylic acids is 1. The van der Waals surface area contributed by atoms with Crippen LogP contribution < -0.4 is 10.5 Å². The molecule has 1 fully saturated rings. The van der Waals surface area contributed by atoms with Crippen molar-refractivity contribution in [1.82, 2.24) is 4.90 Å². The summed E-state index contributed by atoms with van der Waals surface area (Å²) in [6.07, 6.45) is 0.607. The van der Waals surface area contributed by atoms with Gasteiger partial charge in [0.2, 0.25) is 5.91 Å². The zero-order valence-electron chi connectivity index (χ0n) is 15.9. The summed E-state index contributed by atoms with van der Waals surface area (Å²) in [6, 6.07) is 7.81. The second-order valence-electron chi connectivity index (χ2n) is 7.08. The van der Waals surface area contributed by atoms with E-state index in [4.69, 9.17) is 15.2 Å². The van der Waals surface area contributed by atoms with Crippen LogP contribution in [0.2, 0.25) is 0 Å². The molecule has 2 unspecified atom stereocenters. The van der Waals surface area contributed by atoms with Crippen LogP contribution in [0.15, 0.2) is 24.3 Å². The van der Waals surface area contributed by atoms with Gasteiger partial charge in [-0.2, -0.15) is 0 Å². The van der Waals surface area contributed by atoms with E-state index in [0.29, 0.717) is 26.2 Å². The van der Waals surface area contributed by atoms with Crippen LogP contribution >= 0.6 is 12.4 Å². The number of nitrogens with zero attached hydrogens (tertiary/aromatic N) is 1. The summed E-state index contributed by atoms with van der Waals surface area (Å²) in [5.74, 6) is 0.808. The fourth-order valence-electron chi connectivity index (χ4n) is 3.34. The molecular weight excluding hydrogens is 340 g/mol. The lowest BCUT2D eigenvalue weighted by Gasteiger charge is -2.58. The Hall–Kier alpha value is -1.30. The van der Waals surface area contributed by atoms with E-state index >= 15 is 0 Å². The Morgan fingerprint density at radius 1 is 1.24 bits per heavy atom. The van der Waals surface area contributed by atoms with Gasteiger partial charge >= 0.3 is 0 Å². The molecule has 2 atom stereocenters. The number of ether oxygens (including phenoxy) is 2. The van der Waals surface area contributed by atoms with Crippen LogP contribution in [-0.4, -0.2) is 42.7 Å². The number of nitrogens with two attached hydrogens (primary N) is 1. The van der Waals surface area contributed by atoms with Gasteiger partial charge in [0.25, 0.3) is 0 Å². The lowest BCUT2D eigenvalue weighted by atomic mass is 9.54. The molecule has 0 aliphatic heterocycles. The summed E-state index contributed by atoms with van der Waals surface area (Å²) in [4.78, 5) is 14.6. The standard InChI is InChI=1S/C19H30N2O3.ClH/c1-6-23-15-10-8-14(9-11-15)13-21(5)17(22)19(20)12-16(24-7-2)18(19,3)4;/h8-11,16H,6-7,12-13,20H2,1-5H3;1H. The summed E-state index contributed by atoms with van der Waals surface area (Å²) in [5.41, 5.74) is 6.29. The van der Waals surface area contributed by atoms with Gasteiger partial charge in [0.05, 0.1) is 12.7 Å². The maximum atomic E-state index is 12.9. The number of amides is 1. The quantitative estimate of drug-likeness (QED) is 0.801. The van der Waals surface area contributed by atoms with Gasteiger partial charge in [0, 0.05) is 32.0 Å². The summed E-state index contributed by atoms with van der Waals surface area (Å²) in [7, 11) is 1.80. The maximum Gasteiger partial charge on any atom is 0.243 e. The molecule has 1 aliphatic carbocycles. The van der Waals surface area contributed by atoms with Gasteiger partial charge in [-0.25, -0.2) is 0 Å². The molecule has 2 rings (SSSR count). The Balaban J connectivity index is 0.00000312. The van der Waals surface area contributed by atoms with Gasteiger partial charge in [-0.1, -0.05) is 26.0 Å². The summed E-state index contributed by atoms with van der Waals surface area (Å²) in [5, 5.41) is 0. The van der Waals surface area contributed by atoms with Crippen LogP contribution in [0.5, 0.6) is 5.75 Å². The fourth-order valence-corrected chi connectivity index (χ4v) is 3.34. The van der Waals surface area contributed by atoms with Gasteiger partial charge in [0.1, 0.15) is 11.3 Å². The Labute approximate surface area is 157 Å². The molecule has 142 valence electrons. The second-order valence-corrected chi connectivity index (χ2v) is 7.08. The normalized spacial score (nSPS) is 24.0. The molecule has 1 saturated carbocycles. The Morgan fingerprint density at radius 2 is 1.84 bits per heavy atom. The lowest BCUT2D eigenvalue weighted by Crippen LogP contribution is -2.75. The van der Waals surface area contributed by atoms with E-state index in [-0.39, 0.29) is 29.8 Å². The number of likely N-dealkylation sites (N-methyl/N-ethyl adjacent to an activating group) is 1. The number of carbonyl (C=O) groups is 1. The highest BCUT2D eigenvalue weighted by molar-refractivity contribution is 5.88. The highest BCUT2D eigenvalue weighted by Gasteiger charge is 2.63. The van der Waals surface area contributed by atoms with Crippen LogP contribution in [0.4, 0.5) is 0 Å². The first-order valence-corrected chi connectivity index (χ1v) is 8.64. The van der Waals surface area contributed by atoms with Gasteiger partial charge in [-0.05, 0) is 31.5 Å². The molecule has 0 saturated heterocycles. The van der Waals surface area contributed by atoms with E-state index in [1.165, 1.54) is 0 Å². The Kier molecular flexibility index (Phi) is 7.29. The van der Waals surface area contributed by atoms with Crippen LogP contribution in [0.3, 0.4) is 0 Å². The molecule has 0 spiro atoms. The van der Waals surface area contributed by atoms with E-state index in [2.05, 4.69) is 0 Å². The molecule has 6 heteroatoms. The smallest absolute Gasteiger partial charge is 0.243 e. The number of rotatable bonds is 7. The Morgan fingerprint density at radius 3 is 2.32 bits per heavy atom. The predicted molar refractivity (Wildman–Crippen MR) is 102 cm³/mol. The largest absolute Gasteiger partial charge is 0.494 e. The van der Waals surface area contributed by atoms with E-state index < -0.39 is 5.54 Å². The second kappa shape index (κ2) is 8.39. The minimum absolute atomic E-state index is 0. The van der Waals surface area contributed by atoms with Gasteiger partial charge in [-0.3, -0.25) is 4.79 Å². The van der Waals surface area contributed by atoms with Crippen molar-refractivity contribution < 1.29 is 14.3 Å². The van der Waals surface area contributed by atoms with E-state index in [9.17, 15) is 4.79 Å². The fraction of sp³-hybridized carbons (Fsp3) is 0.632. The molecule has 5 nitrogen and oxygen atoms in total. The summed E-state index contributed by atoms with van der Waals surface area (Å²) in [6.45, 7) is 9.76. The van der Waals surface area contributed by atoms with Gasteiger partial charge in [0.15, 0.2) is 0 Å². The van der Waals surface area contributed by atoms with Gasteiger partial charge < -0.3 is 20.1 Å². The first-order chi connectivity index (χ1) is 11.3. The van der Waals surface area contributed by atoms with Crippen molar-refractivity contribution in [2.75, 3.05) is 20.3 Å². The third-order valence-corrected chi connectivity index (χ3v) is 5.21. The lowest BCUT2D eigenvalue weighted by molar-refractivity contribution is -0.178. The number of benzene rings is 1. The molecule has 1 aromatic carbocycles. The highest BCUT2D eigenvalue weighted by Crippen LogP contribution is 2.50. The molecule has 2 N–H and O–H groups in total. The number of hydrogen-bond acceptors (Lipinski definition) is 4. The molecule has 0 aromatic heterocycles. The maximum absolute atomic E-state index is 12.9. The minimum Gasteiger partial charge on any atom is -0.494 e. The number of halogens is 1. The highest BCUT2D eigenvalue weighted by atomic mass is 35.5. The van der Waals surface area contributed by atoms with E-state index in [1.807, 2.05) is 52.0 Å².